The first-order valence-corrected chi connectivity index (χ1v) is 10.0. The lowest BCUT2D eigenvalue weighted by Crippen LogP contribution is -2.58. The van der Waals surface area contributed by atoms with Crippen molar-refractivity contribution in [3.05, 3.63) is 40.2 Å². The number of hydrogen-bond donors (Lipinski definition) is 1. The predicted molar refractivity (Wildman–Crippen MR) is 106 cm³/mol. The van der Waals surface area contributed by atoms with Crippen molar-refractivity contribution in [3.63, 3.8) is 0 Å². The Bertz CT molecular complexity index is 1000. The first-order chi connectivity index (χ1) is 12.7. The summed E-state index contributed by atoms with van der Waals surface area (Å²) in [4.78, 5) is 25.1. The van der Waals surface area contributed by atoms with Gasteiger partial charge in [0.05, 0.1) is 5.41 Å². The molecule has 4 aliphatic rings. The van der Waals surface area contributed by atoms with Gasteiger partial charge in [0.25, 0.3) is 0 Å². The Morgan fingerprint density at radius 3 is 2.44 bits per heavy atom. The molecule has 1 amide bonds. The topological polar surface area (TPSA) is 59.3 Å². The highest BCUT2D eigenvalue weighted by molar-refractivity contribution is 5.97. The minimum absolute atomic E-state index is 0.151. The second kappa shape index (κ2) is 5.24. The zero-order valence-corrected chi connectivity index (χ0v) is 16.4. The molecule has 2 aromatic rings. The molecule has 2 atom stereocenters. The third-order valence-electron chi connectivity index (χ3n) is 7.32. The van der Waals surface area contributed by atoms with Gasteiger partial charge in [-0.05, 0) is 79.9 Å². The van der Waals surface area contributed by atoms with Crippen molar-refractivity contribution in [3.8, 4) is 0 Å². The average Bonchev–Trinajstić information content (AvgIpc) is 2.50. The van der Waals surface area contributed by atoms with E-state index >= 15 is 0 Å². The maximum Gasteiger partial charge on any atom is 0.336 e. The van der Waals surface area contributed by atoms with Crippen LogP contribution in [-0.4, -0.2) is 5.91 Å². The van der Waals surface area contributed by atoms with E-state index in [2.05, 4.69) is 19.2 Å². The van der Waals surface area contributed by atoms with Crippen LogP contribution in [0.2, 0.25) is 0 Å². The molecule has 0 radical (unpaired) electrons. The largest absolute Gasteiger partial charge is 0.423 e. The molecule has 1 heterocycles. The molecule has 0 unspecified atom stereocenters. The Morgan fingerprint density at radius 1 is 1.07 bits per heavy atom. The van der Waals surface area contributed by atoms with Crippen LogP contribution in [0, 0.1) is 29.1 Å². The molecule has 6 rings (SSSR count). The molecular formula is C23H27NO3. The van der Waals surface area contributed by atoms with Crippen LogP contribution < -0.4 is 10.9 Å². The number of hydrogen-bond acceptors (Lipinski definition) is 3. The highest BCUT2D eigenvalue weighted by Crippen LogP contribution is 2.69. The molecule has 4 fully saturated rings. The van der Waals surface area contributed by atoms with Gasteiger partial charge in [-0.15, -0.1) is 0 Å². The second-order valence-electron chi connectivity index (χ2n) is 10.3. The van der Waals surface area contributed by atoms with Crippen molar-refractivity contribution in [1.29, 1.82) is 0 Å². The number of aryl methyl sites for hydroxylation is 1. The summed E-state index contributed by atoms with van der Waals surface area (Å²) < 4.78 is 5.34. The summed E-state index contributed by atoms with van der Waals surface area (Å²) in [6.07, 6.45) is 6.83. The molecule has 1 aromatic heterocycles. The summed E-state index contributed by atoms with van der Waals surface area (Å²) in [5, 5.41) is 4.07. The summed E-state index contributed by atoms with van der Waals surface area (Å²) in [6.45, 7) is 6.66. The molecule has 142 valence electrons. The van der Waals surface area contributed by atoms with Crippen molar-refractivity contribution in [1.82, 2.24) is 0 Å². The number of nitrogens with one attached hydrogen (secondary N) is 1. The third-order valence-corrected chi connectivity index (χ3v) is 7.32. The van der Waals surface area contributed by atoms with E-state index < -0.39 is 0 Å². The molecular weight excluding hydrogens is 338 g/mol. The van der Waals surface area contributed by atoms with Crippen LogP contribution in [0.15, 0.2) is 33.5 Å². The fourth-order valence-corrected chi connectivity index (χ4v) is 7.37. The molecule has 4 nitrogen and oxygen atoms in total. The summed E-state index contributed by atoms with van der Waals surface area (Å²) in [5.74, 6) is 0.831. The van der Waals surface area contributed by atoms with E-state index in [9.17, 15) is 9.59 Å². The quantitative estimate of drug-likeness (QED) is 0.759. The van der Waals surface area contributed by atoms with Crippen molar-refractivity contribution in [2.45, 2.75) is 59.3 Å². The van der Waals surface area contributed by atoms with Gasteiger partial charge in [0, 0.05) is 23.2 Å². The fraction of sp³-hybridized carbons (Fsp3) is 0.565. The number of amides is 1. The van der Waals surface area contributed by atoms with E-state index in [1.807, 2.05) is 19.1 Å². The van der Waals surface area contributed by atoms with Gasteiger partial charge in [-0.3, -0.25) is 4.79 Å². The number of rotatable bonds is 2. The highest BCUT2D eigenvalue weighted by Gasteiger charge is 2.62. The molecule has 1 N–H and O–H groups in total. The molecule has 4 bridgehead atoms. The van der Waals surface area contributed by atoms with E-state index in [0.29, 0.717) is 28.0 Å². The highest BCUT2D eigenvalue weighted by atomic mass is 16.4. The SMILES string of the molecule is Cc1cc(=O)oc2cc(NC(=O)C34CC5C[C@@](C)(C3)C[C@@](C)(C5)C4)ccc12. The Balaban J connectivity index is 1.47. The van der Waals surface area contributed by atoms with Gasteiger partial charge in [-0.1, -0.05) is 13.8 Å². The molecule has 1 aromatic carbocycles. The number of fused-ring (bicyclic) bond motifs is 1. The van der Waals surface area contributed by atoms with Gasteiger partial charge in [-0.25, -0.2) is 4.79 Å². The summed E-state index contributed by atoms with van der Waals surface area (Å²) in [5.41, 5.74) is 2.14. The minimum Gasteiger partial charge on any atom is -0.423 e. The first kappa shape index (κ1) is 17.0. The fourth-order valence-electron chi connectivity index (χ4n) is 7.37. The van der Waals surface area contributed by atoms with E-state index in [4.69, 9.17) is 4.42 Å². The van der Waals surface area contributed by atoms with Crippen LogP contribution in [0.3, 0.4) is 0 Å². The molecule has 0 aliphatic heterocycles. The first-order valence-electron chi connectivity index (χ1n) is 10.0. The summed E-state index contributed by atoms with van der Waals surface area (Å²) in [6, 6.07) is 7.12. The Morgan fingerprint density at radius 2 is 1.78 bits per heavy atom. The van der Waals surface area contributed by atoms with E-state index in [0.717, 1.165) is 30.2 Å². The smallest absolute Gasteiger partial charge is 0.336 e. The van der Waals surface area contributed by atoms with Crippen LogP contribution in [0.5, 0.6) is 0 Å². The second-order valence-corrected chi connectivity index (χ2v) is 10.3. The van der Waals surface area contributed by atoms with Gasteiger partial charge in [-0.2, -0.15) is 0 Å². The van der Waals surface area contributed by atoms with Crippen molar-refractivity contribution >= 4 is 22.6 Å². The van der Waals surface area contributed by atoms with E-state index in [-0.39, 0.29) is 16.9 Å². The molecule has 4 saturated carbocycles. The Labute approximate surface area is 159 Å². The lowest BCUT2D eigenvalue weighted by atomic mass is 9.40. The van der Waals surface area contributed by atoms with Crippen LogP contribution in [-0.2, 0) is 4.79 Å². The number of anilines is 1. The molecule has 4 heteroatoms. The average molecular weight is 365 g/mol. The Hall–Kier alpha value is -2.10. The number of carbonyl (C=O) groups excluding carboxylic acids is 1. The predicted octanol–water partition coefficient (Wildman–Crippen LogP) is 5.04. The zero-order chi connectivity index (χ0) is 19.0. The maximum atomic E-state index is 13.4. The molecule has 27 heavy (non-hydrogen) atoms. The molecule has 0 saturated heterocycles. The molecule has 4 aliphatic carbocycles. The van der Waals surface area contributed by atoms with Crippen molar-refractivity contribution in [2.75, 3.05) is 5.32 Å². The normalized spacial score (nSPS) is 36.9. The monoisotopic (exact) mass is 365 g/mol. The third kappa shape index (κ3) is 2.64. The van der Waals surface area contributed by atoms with Crippen LogP contribution >= 0.6 is 0 Å². The van der Waals surface area contributed by atoms with Gasteiger partial charge in [0.1, 0.15) is 5.58 Å². The number of carbonyl (C=O) groups is 1. The summed E-state index contributed by atoms with van der Waals surface area (Å²) in [7, 11) is 0. The van der Waals surface area contributed by atoms with E-state index in [1.54, 1.807) is 6.07 Å². The number of benzene rings is 1. The standard InChI is InChI=1S/C23H27NO3/c1-14-6-19(25)27-18-7-16(4-5-17(14)18)24-20(26)23-10-15-8-21(2,12-23)11-22(3,9-15)13-23/h4-7,15H,8-13H2,1-3H3,(H,24,26)/t15?,21-,22-,23?/m1/s1. The van der Waals surface area contributed by atoms with Crippen molar-refractivity contribution < 1.29 is 9.21 Å². The van der Waals surface area contributed by atoms with E-state index in [1.165, 1.54) is 25.3 Å². The van der Waals surface area contributed by atoms with Crippen molar-refractivity contribution in [2.24, 2.45) is 22.2 Å². The van der Waals surface area contributed by atoms with Crippen LogP contribution in [0.1, 0.15) is 57.9 Å². The lowest BCUT2D eigenvalue weighted by Gasteiger charge is -2.64. The Kier molecular flexibility index (Phi) is 3.31. The summed E-state index contributed by atoms with van der Waals surface area (Å²) >= 11 is 0. The lowest BCUT2D eigenvalue weighted by molar-refractivity contribution is -0.165. The van der Waals surface area contributed by atoms with Gasteiger partial charge in [0.2, 0.25) is 5.91 Å². The van der Waals surface area contributed by atoms with Gasteiger partial charge >= 0.3 is 5.63 Å². The maximum absolute atomic E-state index is 13.4. The van der Waals surface area contributed by atoms with Gasteiger partial charge < -0.3 is 9.73 Å². The van der Waals surface area contributed by atoms with Gasteiger partial charge in [0.15, 0.2) is 0 Å². The zero-order valence-electron chi connectivity index (χ0n) is 16.4. The van der Waals surface area contributed by atoms with Crippen LogP contribution in [0.25, 0.3) is 11.0 Å². The van der Waals surface area contributed by atoms with Crippen LogP contribution in [0.4, 0.5) is 5.69 Å². The minimum atomic E-state index is -0.356. The molecule has 0 spiro atoms.